The fourth-order valence-corrected chi connectivity index (χ4v) is 2.67. The summed E-state index contributed by atoms with van der Waals surface area (Å²) < 4.78 is 60.8. The number of halogens is 3. The van der Waals surface area contributed by atoms with Crippen molar-refractivity contribution in [1.29, 1.82) is 21.0 Å². The van der Waals surface area contributed by atoms with Gasteiger partial charge in [0.15, 0.2) is 22.5 Å². The van der Waals surface area contributed by atoms with Crippen LogP contribution in [0.1, 0.15) is 0 Å². The van der Waals surface area contributed by atoms with Gasteiger partial charge in [-0.05, 0) is 18.2 Å². The van der Waals surface area contributed by atoms with Gasteiger partial charge in [-0.2, -0.15) is 34.2 Å². The van der Waals surface area contributed by atoms with E-state index in [2.05, 4.69) is 9.97 Å². The fraction of sp³-hybridized carbons (Fsp3) is 0.0952. The molecule has 0 aliphatic heterocycles. The molecule has 3 rings (SSSR count). The number of alkyl halides is 3. The van der Waals surface area contributed by atoms with Crippen LogP contribution in [0.4, 0.5) is 13.2 Å². The number of benzene rings is 1. The van der Waals surface area contributed by atoms with Crippen molar-refractivity contribution in [3.63, 3.8) is 0 Å². The molecule has 0 amide bonds. The number of nitriles is 4. The summed E-state index contributed by atoms with van der Waals surface area (Å²) in [7, 11) is -4.22. The predicted octanol–water partition coefficient (Wildman–Crippen LogP) is 0.568. The first-order valence-corrected chi connectivity index (χ1v) is 10.4. The lowest BCUT2D eigenvalue weighted by Crippen LogP contribution is -2.26. The highest BCUT2D eigenvalue weighted by molar-refractivity contribution is 7.86. The first-order chi connectivity index (χ1) is 16.4. The SMILES string of the molecule is C[n+]1cccc(-c2cnc3c(=C(C#N)C#N)ccc(=C(C#N)C#N)c3n2)c1.O=S(=O)([O-])C(F)(F)F. The zero-order valence-corrected chi connectivity index (χ0v) is 18.3. The largest absolute Gasteiger partial charge is 0.741 e. The van der Waals surface area contributed by atoms with E-state index in [-0.39, 0.29) is 22.2 Å². The smallest absolute Gasteiger partial charge is 0.485 e. The minimum atomic E-state index is -6.09. The molecule has 0 spiro atoms. The Morgan fingerprint density at radius 1 is 0.971 bits per heavy atom. The van der Waals surface area contributed by atoms with Crippen LogP contribution in [0.5, 0.6) is 0 Å². The topological polar surface area (TPSA) is 182 Å². The molecular weight excluding hydrogens is 487 g/mol. The summed E-state index contributed by atoms with van der Waals surface area (Å²) in [5.74, 6) is 0. The van der Waals surface area contributed by atoms with Crippen LogP contribution in [0.25, 0.3) is 33.4 Å². The van der Waals surface area contributed by atoms with Crippen molar-refractivity contribution in [3.05, 3.63) is 53.3 Å². The van der Waals surface area contributed by atoms with Crippen LogP contribution < -0.4 is 15.0 Å². The standard InChI is InChI=1S/C20H10N7.CHF3O3S/c1-27-6-2-3-13(12-27)18-11-25-19-16(14(7-21)8-22)4-5-17(20(19)26-18)15(9-23)10-24;2-1(3,4)8(5,6)7/h2-6,11-12H,1H3;(H,5,6,7)/q+1;/p-1. The van der Waals surface area contributed by atoms with E-state index in [0.717, 1.165) is 5.56 Å². The van der Waals surface area contributed by atoms with Gasteiger partial charge < -0.3 is 4.55 Å². The predicted molar refractivity (Wildman–Crippen MR) is 110 cm³/mol. The molecule has 0 saturated carbocycles. The van der Waals surface area contributed by atoms with Gasteiger partial charge in [0.1, 0.15) is 42.5 Å². The van der Waals surface area contributed by atoms with E-state index in [0.29, 0.717) is 16.1 Å². The molecule has 0 aliphatic carbocycles. The second-order valence-corrected chi connectivity index (χ2v) is 7.84. The molecule has 0 radical (unpaired) electrons. The first kappa shape index (κ1) is 26.4. The van der Waals surface area contributed by atoms with E-state index in [1.807, 2.05) is 60.4 Å². The van der Waals surface area contributed by atoms with Gasteiger partial charge in [-0.15, -0.1) is 0 Å². The van der Waals surface area contributed by atoms with Gasteiger partial charge in [-0.25, -0.2) is 18.0 Å². The maximum absolute atomic E-state index is 10.7. The maximum atomic E-state index is 10.7. The van der Waals surface area contributed by atoms with Gasteiger partial charge in [0, 0.05) is 16.5 Å². The van der Waals surface area contributed by atoms with Gasteiger partial charge in [-0.1, -0.05) is 0 Å². The number of rotatable bonds is 1. The van der Waals surface area contributed by atoms with E-state index in [1.54, 1.807) is 0 Å². The molecule has 14 heteroatoms. The van der Waals surface area contributed by atoms with Crippen LogP contribution in [0.2, 0.25) is 0 Å². The Hall–Kier alpha value is -4.89. The monoisotopic (exact) mass is 497 g/mol. The number of hydrogen-bond donors (Lipinski definition) is 0. The molecule has 0 unspecified atom stereocenters. The van der Waals surface area contributed by atoms with Crippen LogP contribution in [0.15, 0.2) is 42.9 Å². The summed E-state index contributed by atoms with van der Waals surface area (Å²) in [6.45, 7) is 0. The highest BCUT2D eigenvalue weighted by atomic mass is 32.2. The molecule has 0 fully saturated rings. The minimum Gasteiger partial charge on any atom is -0.741 e. The number of aryl methyl sites for hydroxylation is 1. The zero-order valence-electron chi connectivity index (χ0n) is 17.4. The molecule has 2 aromatic heterocycles. The van der Waals surface area contributed by atoms with Gasteiger partial charge in [0.2, 0.25) is 0 Å². The van der Waals surface area contributed by atoms with Gasteiger partial charge in [0.25, 0.3) is 0 Å². The third-order valence-corrected chi connectivity index (χ3v) is 4.77. The Kier molecular flexibility index (Phi) is 7.81. The highest BCUT2D eigenvalue weighted by Gasteiger charge is 2.36. The second kappa shape index (κ2) is 10.4. The third-order valence-electron chi connectivity index (χ3n) is 4.20. The van der Waals surface area contributed by atoms with Crippen LogP contribution in [0, 0.1) is 45.3 Å². The molecule has 174 valence electrons. The first-order valence-electron chi connectivity index (χ1n) is 9.00. The van der Waals surface area contributed by atoms with Crippen molar-refractivity contribution < 1.29 is 30.7 Å². The Morgan fingerprint density at radius 2 is 1.46 bits per heavy atom. The maximum Gasteiger partial charge on any atom is 0.485 e. The number of hydrogen-bond acceptors (Lipinski definition) is 9. The molecule has 1 aromatic carbocycles. The summed E-state index contributed by atoms with van der Waals surface area (Å²) in [5, 5.41) is 37.5. The van der Waals surface area contributed by atoms with E-state index in [1.165, 1.54) is 18.3 Å². The van der Waals surface area contributed by atoms with Crippen molar-refractivity contribution in [2.45, 2.75) is 5.51 Å². The number of pyridine rings is 1. The van der Waals surface area contributed by atoms with Crippen molar-refractivity contribution in [3.8, 4) is 35.5 Å². The van der Waals surface area contributed by atoms with Crippen molar-refractivity contribution in [2.75, 3.05) is 0 Å². The van der Waals surface area contributed by atoms with Crippen molar-refractivity contribution in [2.24, 2.45) is 7.05 Å². The molecule has 0 atom stereocenters. The summed E-state index contributed by atoms with van der Waals surface area (Å²) in [6, 6.07) is 14.1. The molecular formula is C21H10F3N7O3S. The van der Waals surface area contributed by atoms with E-state index in [9.17, 15) is 34.2 Å². The average molecular weight is 497 g/mol. The molecule has 0 aliphatic rings. The lowest BCUT2D eigenvalue weighted by atomic mass is 10.1. The third kappa shape index (κ3) is 5.92. The molecule has 0 bridgehead atoms. The Balaban J connectivity index is 0.000000466. The summed E-state index contributed by atoms with van der Waals surface area (Å²) in [4.78, 5) is 8.97. The quantitative estimate of drug-likeness (QED) is 0.263. The van der Waals surface area contributed by atoms with E-state index >= 15 is 0 Å². The summed E-state index contributed by atoms with van der Waals surface area (Å²) in [6.07, 6.45) is 5.27. The van der Waals surface area contributed by atoms with Crippen molar-refractivity contribution >= 4 is 32.3 Å². The molecule has 0 N–H and O–H groups in total. The van der Waals surface area contributed by atoms with Gasteiger partial charge in [0.05, 0.1) is 28.5 Å². The molecule has 10 nitrogen and oxygen atoms in total. The zero-order chi connectivity index (χ0) is 26.4. The number of aromatic nitrogens is 3. The minimum absolute atomic E-state index is 0.116. The normalized spacial score (nSPS) is 10.5. The second-order valence-electron chi connectivity index (χ2n) is 6.47. The van der Waals surface area contributed by atoms with Crippen molar-refractivity contribution in [1.82, 2.24) is 9.97 Å². The lowest BCUT2D eigenvalue weighted by molar-refractivity contribution is -0.671. The lowest BCUT2D eigenvalue weighted by Gasteiger charge is -2.08. The van der Waals surface area contributed by atoms with Crippen LogP contribution in [0.3, 0.4) is 0 Å². The summed E-state index contributed by atoms with van der Waals surface area (Å²) in [5.41, 5.74) is -3.96. The average Bonchev–Trinajstić information content (AvgIpc) is 2.80. The Labute approximate surface area is 195 Å². The number of fused-ring (bicyclic) bond motifs is 1. The molecule has 35 heavy (non-hydrogen) atoms. The molecule has 2 heterocycles. The van der Waals surface area contributed by atoms with Crippen LogP contribution in [-0.4, -0.2) is 28.4 Å². The van der Waals surface area contributed by atoms with Crippen LogP contribution in [-0.2, 0) is 17.2 Å². The van der Waals surface area contributed by atoms with E-state index < -0.39 is 15.6 Å². The molecule has 0 saturated heterocycles. The summed E-state index contributed by atoms with van der Waals surface area (Å²) >= 11 is 0. The number of nitrogens with zero attached hydrogens (tertiary/aromatic N) is 7. The Bertz CT molecular complexity index is 1690. The van der Waals surface area contributed by atoms with Gasteiger partial charge in [-0.3, -0.25) is 4.98 Å². The van der Waals surface area contributed by atoms with Gasteiger partial charge >= 0.3 is 5.51 Å². The highest BCUT2D eigenvalue weighted by Crippen LogP contribution is 2.20. The Morgan fingerprint density at radius 3 is 1.89 bits per heavy atom. The molecule has 3 aromatic rings. The fourth-order valence-electron chi connectivity index (χ4n) is 2.67. The van der Waals surface area contributed by atoms with E-state index in [4.69, 9.17) is 13.0 Å². The van der Waals surface area contributed by atoms with Crippen LogP contribution >= 0.6 is 0 Å².